The van der Waals surface area contributed by atoms with Crippen LogP contribution in [0.5, 0.6) is 0 Å². The Balaban J connectivity index is 1.68. The zero-order valence-electron chi connectivity index (χ0n) is 11.6. The Morgan fingerprint density at radius 2 is 2.19 bits per heavy atom. The van der Waals surface area contributed by atoms with E-state index in [0.29, 0.717) is 6.42 Å². The van der Waals surface area contributed by atoms with Crippen LogP contribution in [0.2, 0.25) is 0 Å². The van der Waals surface area contributed by atoms with E-state index in [1.807, 2.05) is 6.07 Å². The van der Waals surface area contributed by atoms with Gasteiger partial charge in [-0.15, -0.1) is 0 Å². The molecule has 2 aliphatic carbocycles. The van der Waals surface area contributed by atoms with Crippen LogP contribution in [-0.4, -0.2) is 46.6 Å². The summed E-state index contributed by atoms with van der Waals surface area (Å²) < 4.78 is 10.2. The minimum absolute atomic E-state index is 0.0192. The molecule has 2 saturated carbocycles. The number of esters is 1. The lowest BCUT2D eigenvalue weighted by molar-refractivity contribution is -0.147. The zero-order chi connectivity index (χ0) is 15.4. The van der Waals surface area contributed by atoms with Crippen molar-refractivity contribution < 1.29 is 29.3 Å². The first-order valence-corrected chi connectivity index (χ1v) is 7.12. The maximum absolute atomic E-state index is 11.8. The highest BCUT2D eigenvalue weighted by Gasteiger charge is 2.77. The summed E-state index contributed by atoms with van der Waals surface area (Å²) in [5, 5.41) is 28.0. The quantitative estimate of drug-likeness (QED) is 0.538. The predicted octanol–water partition coefficient (Wildman–Crippen LogP) is -0.0716. The number of aliphatic hydroxyl groups excluding tert-OH is 1. The van der Waals surface area contributed by atoms with Gasteiger partial charge < -0.3 is 19.7 Å². The smallest absolute Gasteiger partial charge is 0.356 e. The molecule has 1 heterocycles. The highest BCUT2D eigenvalue weighted by Crippen LogP contribution is 2.68. The minimum atomic E-state index is -1.52. The number of aliphatic carboxylic acids is 1. The second kappa shape index (κ2) is 4.68. The summed E-state index contributed by atoms with van der Waals surface area (Å²) in [6.07, 6.45) is -0.729. The molecule has 1 saturated heterocycles. The molecule has 7 atom stereocenters. The van der Waals surface area contributed by atoms with Gasteiger partial charge >= 0.3 is 11.9 Å². The number of rotatable bonds is 5. The third-order valence-corrected chi connectivity index (χ3v) is 4.96. The fourth-order valence-corrected chi connectivity index (χ4v) is 4.01. The molecule has 0 bridgehead atoms. The Bertz CT molecular complexity index is 528. The monoisotopic (exact) mass is 295 g/mol. The van der Waals surface area contributed by atoms with Crippen molar-refractivity contribution in [2.45, 2.75) is 37.6 Å². The largest absolute Gasteiger partial charge is 0.481 e. The second-order valence-corrected chi connectivity index (χ2v) is 5.99. The number of carboxylic acids is 1. The van der Waals surface area contributed by atoms with Gasteiger partial charge in [0.2, 0.25) is 0 Å². The highest BCUT2D eigenvalue weighted by molar-refractivity contribution is 5.87. The fourth-order valence-electron chi connectivity index (χ4n) is 4.01. The van der Waals surface area contributed by atoms with E-state index in [1.54, 1.807) is 6.92 Å². The number of carbonyl (C=O) groups is 2. The molecular formula is C14H17NO6. The molecule has 7 heteroatoms. The normalized spacial score (nSPS) is 46.3. The molecule has 3 rings (SSSR count). The Labute approximate surface area is 121 Å². The number of nitrogens with zero attached hydrogens (tertiary/aromatic N) is 1. The molecule has 0 aromatic carbocycles. The van der Waals surface area contributed by atoms with Crippen LogP contribution in [0.25, 0.3) is 0 Å². The molecule has 3 fully saturated rings. The Kier molecular flexibility index (Phi) is 3.19. The van der Waals surface area contributed by atoms with Gasteiger partial charge in [-0.2, -0.15) is 5.26 Å². The number of hydrogen-bond acceptors (Lipinski definition) is 6. The number of nitriles is 1. The number of ether oxygens (including phenoxy) is 2. The van der Waals surface area contributed by atoms with E-state index in [4.69, 9.17) is 14.6 Å². The van der Waals surface area contributed by atoms with Crippen molar-refractivity contribution in [2.24, 2.45) is 23.7 Å². The van der Waals surface area contributed by atoms with Gasteiger partial charge in [-0.05, 0) is 37.0 Å². The molecule has 21 heavy (non-hydrogen) atoms. The van der Waals surface area contributed by atoms with Crippen molar-refractivity contribution in [3.8, 4) is 6.07 Å². The van der Waals surface area contributed by atoms with Gasteiger partial charge in [-0.25, -0.2) is 4.79 Å². The fraction of sp³-hybridized carbons (Fsp3) is 0.786. The Morgan fingerprint density at radius 1 is 1.48 bits per heavy atom. The van der Waals surface area contributed by atoms with E-state index < -0.39 is 29.7 Å². The summed E-state index contributed by atoms with van der Waals surface area (Å²) in [4.78, 5) is 22.7. The van der Waals surface area contributed by atoms with Crippen LogP contribution in [0.3, 0.4) is 0 Å². The number of hydrogen-bond donors (Lipinski definition) is 2. The number of aliphatic hydroxyl groups is 1. The third kappa shape index (κ3) is 2.01. The first-order chi connectivity index (χ1) is 9.96. The van der Waals surface area contributed by atoms with Gasteiger partial charge in [0.25, 0.3) is 5.60 Å². The van der Waals surface area contributed by atoms with Crippen molar-refractivity contribution in [1.29, 1.82) is 5.26 Å². The molecule has 2 N–H and O–H groups in total. The average Bonchev–Trinajstić information content (AvgIpc) is 3.27. The standard InChI is InChI=1S/C14H17NO6/c1-2-20-13(19)14(5-15)12(21-14)11-7-3-8(16)6(10(7)11)4-9(17)18/h6-8,10-12,16H,2-4H2,1H3,(H,17,18). The minimum Gasteiger partial charge on any atom is -0.481 e. The van der Waals surface area contributed by atoms with Crippen molar-refractivity contribution in [2.75, 3.05) is 6.61 Å². The molecule has 0 aromatic rings. The van der Waals surface area contributed by atoms with Gasteiger partial charge in [-0.3, -0.25) is 4.79 Å². The van der Waals surface area contributed by atoms with Gasteiger partial charge in [0.15, 0.2) is 0 Å². The molecule has 3 aliphatic rings. The van der Waals surface area contributed by atoms with E-state index in [9.17, 15) is 20.0 Å². The highest BCUT2D eigenvalue weighted by atomic mass is 16.7. The van der Waals surface area contributed by atoms with Crippen molar-refractivity contribution in [1.82, 2.24) is 0 Å². The van der Waals surface area contributed by atoms with Crippen molar-refractivity contribution >= 4 is 11.9 Å². The summed E-state index contributed by atoms with van der Waals surface area (Å²) in [6, 6.07) is 1.89. The first kappa shape index (κ1) is 14.3. The Hall–Kier alpha value is -1.65. The summed E-state index contributed by atoms with van der Waals surface area (Å²) in [5.41, 5.74) is -1.52. The van der Waals surface area contributed by atoms with Gasteiger partial charge in [0.1, 0.15) is 12.2 Å². The van der Waals surface area contributed by atoms with E-state index in [0.717, 1.165) is 0 Å². The zero-order valence-corrected chi connectivity index (χ0v) is 11.6. The number of carboxylic acid groups (broad SMARTS) is 1. The molecule has 7 unspecified atom stereocenters. The summed E-state index contributed by atoms with van der Waals surface area (Å²) in [7, 11) is 0. The van der Waals surface area contributed by atoms with Gasteiger partial charge in [0, 0.05) is 0 Å². The molecule has 0 spiro atoms. The summed E-state index contributed by atoms with van der Waals surface area (Å²) >= 11 is 0. The topological polar surface area (TPSA) is 120 Å². The van der Waals surface area contributed by atoms with Gasteiger partial charge in [0.05, 0.1) is 19.1 Å². The number of epoxide rings is 1. The average molecular weight is 295 g/mol. The van der Waals surface area contributed by atoms with Gasteiger partial charge in [-0.1, -0.05) is 0 Å². The molecule has 0 amide bonds. The molecule has 0 radical (unpaired) electrons. The van der Waals surface area contributed by atoms with Crippen LogP contribution in [0.15, 0.2) is 0 Å². The second-order valence-electron chi connectivity index (χ2n) is 5.99. The van der Waals surface area contributed by atoms with E-state index in [-0.39, 0.29) is 36.7 Å². The first-order valence-electron chi connectivity index (χ1n) is 7.12. The van der Waals surface area contributed by atoms with Crippen LogP contribution in [0.4, 0.5) is 0 Å². The van der Waals surface area contributed by atoms with E-state index >= 15 is 0 Å². The van der Waals surface area contributed by atoms with Crippen LogP contribution >= 0.6 is 0 Å². The molecule has 0 aromatic heterocycles. The Morgan fingerprint density at radius 3 is 2.76 bits per heavy atom. The SMILES string of the molecule is CCOC(=O)C1(C#N)OC1C1C2CC(O)C(CC(=O)O)C21. The van der Waals surface area contributed by atoms with Crippen LogP contribution in [-0.2, 0) is 19.1 Å². The van der Waals surface area contributed by atoms with E-state index in [2.05, 4.69) is 0 Å². The van der Waals surface area contributed by atoms with Crippen molar-refractivity contribution in [3.63, 3.8) is 0 Å². The molecule has 1 aliphatic heterocycles. The molecular weight excluding hydrogens is 278 g/mol. The molecule has 7 nitrogen and oxygen atoms in total. The predicted molar refractivity (Wildman–Crippen MR) is 66.7 cm³/mol. The third-order valence-electron chi connectivity index (χ3n) is 4.96. The van der Waals surface area contributed by atoms with E-state index in [1.165, 1.54) is 0 Å². The lowest BCUT2D eigenvalue weighted by Gasteiger charge is -2.17. The van der Waals surface area contributed by atoms with Crippen LogP contribution < -0.4 is 0 Å². The number of carbonyl (C=O) groups excluding carboxylic acids is 1. The van der Waals surface area contributed by atoms with Crippen molar-refractivity contribution in [3.05, 3.63) is 0 Å². The maximum Gasteiger partial charge on any atom is 0.356 e. The lowest BCUT2D eigenvalue weighted by Crippen LogP contribution is -2.31. The molecule has 114 valence electrons. The summed E-state index contributed by atoms with van der Waals surface area (Å²) in [5.74, 6) is -1.80. The van der Waals surface area contributed by atoms with Crippen LogP contribution in [0, 0.1) is 35.0 Å². The summed E-state index contributed by atoms with van der Waals surface area (Å²) in [6.45, 7) is 1.84. The lowest BCUT2D eigenvalue weighted by atomic mass is 9.90. The maximum atomic E-state index is 11.8. The number of fused-ring (bicyclic) bond motifs is 1. The van der Waals surface area contributed by atoms with Crippen LogP contribution in [0.1, 0.15) is 19.8 Å².